The molecule has 0 aliphatic carbocycles. The maximum Gasteiger partial charge on any atom is 0.241 e. The van der Waals surface area contributed by atoms with E-state index in [4.69, 9.17) is 4.74 Å². The quantitative estimate of drug-likeness (QED) is 0.769. The molecule has 0 amide bonds. The van der Waals surface area contributed by atoms with Crippen molar-refractivity contribution in [1.29, 1.82) is 0 Å². The van der Waals surface area contributed by atoms with Crippen LogP contribution in [0, 0.1) is 6.92 Å². The number of nitrogens with one attached hydrogen (secondary N) is 1. The second kappa shape index (κ2) is 8.13. The van der Waals surface area contributed by atoms with E-state index in [9.17, 15) is 18.3 Å². The Morgan fingerprint density at radius 3 is 2.24 bits per heavy atom. The molecule has 0 spiro atoms. The highest BCUT2D eigenvalue weighted by Crippen LogP contribution is 2.23. The lowest BCUT2D eigenvalue weighted by Crippen LogP contribution is -2.34. The van der Waals surface area contributed by atoms with Crippen molar-refractivity contribution >= 4 is 16.0 Å². The van der Waals surface area contributed by atoms with Crippen molar-refractivity contribution in [1.82, 2.24) is 4.72 Å². The number of carboxylic acid groups (broad SMARTS) is 1. The van der Waals surface area contributed by atoms with E-state index in [0.717, 1.165) is 5.56 Å². The predicted octanol–water partition coefficient (Wildman–Crippen LogP) is 1.55. The minimum Gasteiger partial charge on any atom is -0.550 e. The molecule has 0 fully saturated rings. The van der Waals surface area contributed by atoms with Gasteiger partial charge in [-0.15, -0.1) is 0 Å². The van der Waals surface area contributed by atoms with Crippen LogP contribution in [-0.2, 0) is 14.8 Å². The SMILES string of the molecule is CCOc1ccc([C@@H](CC(=O)[O-])NS(=O)(=O)c2ccc(C)cc2)cc1. The number of carbonyl (C=O) groups is 1. The maximum atomic E-state index is 12.5. The fourth-order valence-electron chi connectivity index (χ4n) is 2.33. The van der Waals surface area contributed by atoms with Gasteiger partial charge in [-0.05, 0) is 43.7 Å². The molecule has 1 atom stereocenters. The summed E-state index contributed by atoms with van der Waals surface area (Å²) in [7, 11) is -3.86. The van der Waals surface area contributed by atoms with E-state index in [0.29, 0.717) is 17.9 Å². The van der Waals surface area contributed by atoms with E-state index < -0.39 is 28.5 Å². The molecule has 7 heteroatoms. The first-order valence-electron chi connectivity index (χ1n) is 7.83. The molecule has 2 rings (SSSR count). The number of hydrogen-bond acceptors (Lipinski definition) is 5. The zero-order chi connectivity index (χ0) is 18.4. The third kappa shape index (κ3) is 5.30. The average Bonchev–Trinajstić information content (AvgIpc) is 2.55. The van der Waals surface area contributed by atoms with Crippen LogP contribution in [0.3, 0.4) is 0 Å². The lowest BCUT2D eigenvalue weighted by molar-refractivity contribution is -0.306. The van der Waals surface area contributed by atoms with Crippen molar-refractivity contribution in [3.05, 3.63) is 59.7 Å². The lowest BCUT2D eigenvalue weighted by atomic mass is 10.0. The number of carboxylic acids is 1. The molecule has 0 heterocycles. The van der Waals surface area contributed by atoms with Crippen LogP contribution in [0.1, 0.15) is 30.5 Å². The molecule has 0 bridgehead atoms. The molecule has 1 N–H and O–H groups in total. The smallest absolute Gasteiger partial charge is 0.241 e. The fraction of sp³-hybridized carbons (Fsp3) is 0.278. The van der Waals surface area contributed by atoms with E-state index in [1.165, 1.54) is 12.1 Å². The van der Waals surface area contributed by atoms with Crippen molar-refractivity contribution < 1.29 is 23.1 Å². The summed E-state index contributed by atoms with van der Waals surface area (Å²) in [4.78, 5) is 11.1. The average molecular weight is 362 g/mol. The summed E-state index contributed by atoms with van der Waals surface area (Å²) in [5.41, 5.74) is 1.44. The summed E-state index contributed by atoms with van der Waals surface area (Å²) in [6, 6.07) is 12.0. The molecular formula is C18H20NO5S-. The van der Waals surface area contributed by atoms with Crippen molar-refractivity contribution in [2.75, 3.05) is 6.61 Å². The Bertz CT molecular complexity index is 814. The van der Waals surface area contributed by atoms with Crippen LogP contribution in [0.5, 0.6) is 5.75 Å². The van der Waals surface area contributed by atoms with Gasteiger partial charge in [-0.2, -0.15) is 0 Å². The predicted molar refractivity (Wildman–Crippen MR) is 91.5 cm³/mol. The zero-order valence-corrected chi connectivity index (χ0v) is 14.9. The molecule has 0 unspecified atom stereocenters. The topological polar surface area (TPSA) is 95.5 Å². The van der Waals surface area contributed by atoms with Gasteiger partial charge >= 0.3 is 0 Å². The third-order valence-corrected chi connectivity index (χ3v) is 5.08. The first-order chi connectivity index (χ1) is 11.8. The van der Waals surface area contributed by atoms with E-state index in [1.807, 2.05) is 13.8 Å². The zero-order valence-electron chi connectivity index (χ0n) is 14.1. The van der Waals surface area contributed by atoms with Crippen LogP contribution in [0.25, 0.3) is 0 Å². The molecule has 0 radical (unpaired) electrons. The summed E-state index contributed by atoms with van der Waals surface area (Å²) < 4.78 is 32.8. The highest BCUT2D eigenvalue weighted by Gasteiger charge is 2.21. The fourth-order valence-corrected chi connectivity index (χ4v) is 3.55. The van der Waals surface area contributed by atoms with Gasteiger partial charge in [0.25, 0.3) is 0 Å². The minimum atomic E-state index is -3.86. The van der Waals surface area contributed by atoms with Gasteiger partial charge < -0.3 is 14.6 Å². The van der Waals surface area contributed by atoms with Crippen LogP contribution in [0.4, 0.5) is 0 Å². The van der Waals surface area contributed by atoms with Crippen LogP contribution in [-0.4, -0.2) is 21.0 Å². The van der Waals surface area contributed by atoms with Gasteiger partial charge in [-0.1, -0.05) is 29.8 Å². The summed E-state index contributed by atoms with van der Waals surface area (Å²) in [6.45, 7) is 4.20. The van der Waals surface area contributed by atoms with E-state index in [2.05, 4.69) is 4.72 Å². The van der Waals surface area contributed by atoms with E-state index in [1.54, 1.807) is 36.4 Å². The molecular weight excluding hydrogens is 342 g/mol. The molecule has 134 valence electrons. The third-order valence-electron chi connectivity index (χ3n) is 3.59. The minimum absolute atomic E-state index is 0.0763. The molecule has 0 aliphatic heterocycles. The van der Waals surface area contributed by atoms with Gasteiger partial charge in [0.1, 0.15) is 5.75 Å². The maximum absolute atomic E-state index is 12.5. The van der Waals surface area contributed by atoms with Gasteiger partial charge in [0.15, 0.2) is 0 Å². The second-order valence-electron chi connectivity index (χ2n) is 5.57. The Kier molecular flexibility index (Phi) is 6.17. The van der Waals surface area contributed by atoms with Gasteiger partial charge in [0.05, 0.1) is 17.5 Å². The molecule has 2 aromatic rings. The Hall–Kier alpha value is -2.38. The molecule has 0 aromatic heterocycles. The number of carbonyl (C=O) groups excluding carboxylic acids is 1. The van der Waals surface area contributed by atoms with Gasteiger partial charge in [0.2, 0.25) is 10.0 Å². The van der Waals surface area contributed by atoms with Crippen LogP contribution < -0.4 is 14.6 Å². The number of aliphatic carboxylic acids is 1. The van der Waals surface area contributed by atoms with Crippen molar-refractivity contribution in [2.45, 2.75) is 31.2 Å². The molecule has 25 heavy (non-hydrogen) atoms. The van der Waals surface area contributed by atoms with Crippen molar-refractivity contribution in [3.8, 4) is 5.75 Å². The first kappa shape index (κ1) is 19.0. The number of benzene rings is 2. The Balaban J connectivity index is 2.27. The summed E-state index contributed by atoms with van der Waals surface area (Å²) in [5, 5.41) is 11.0. The number of rotatable bonds is 8. The van der Waals surface area contributed by atoms with Crippen LogP contribution in [0.15, 0.2) is 53.4 Å². The second-order valence-corrected chi connectivity index (χ2v) is 7.28. The van der Waals surface area contributed by atoms with Gasteiger partial charge in [-0.3, -0.25) is 0 Å². The highest BCUT2D eigenvalue weighted by atomic mass is 32.2. The van der Waals surface area contributed by atoms with E-state index >= 15 is 0 Å². The molecule has 2 aromatic carbocycles. The summed E-state index contributed by atoms with van der Waals surface area (Å²) in [6.07, 6.45) is -0.473. The summed E-state index contributed by atoms with van der Waals surface area (Å²) >= 11 is 0. The van der Waals surface area contributed by atoms with Crippen molar-refractivity contribution in [2.24, 2.45) is 0 Å². The van der Waals surface area contributed by atoms with Crippen molar-refractivity contribution in [3.63, 3.8) is 0 Å². The van der Waals surface area contributed by atoms with E-state index in [-0.39, 0.29) is 4.90 Å². The lowest BCUT2D eigenvalue weighted by Gasteiger charge is -2.20. The molecule has 6 nitrogen and oxygen atoms in total. The Morgan fingerprint density at radius 2 is 1.72 bits per heavy atom. The monoisotopic (exact) mass is 362 g/mol. The largest absolute Gasteiger partial charge is 0.550 e. The van der Waals surface area contributed by atoms with Gasteiger partial charge in [-0.25, -0.2) is 13.1 Å². The number of sulfonamides is 1. The summed E-state index contributed by atoms with van der Waals surface area (Å²) in [5.74, 6) is -0.717. The first-order valence-corrected chi connectivity index (χ1v) is 9.31. The number of aryl methyl sites for hydroxylation is 1. The van der Waals surface area contributed by atoms with Gasteiger partial charge in [0, 0.05) is 12.4 Å². The highest BCUT2D eigenvalue weighted by molar-refractivity contribution is 7.89. The number of hydrogen-bond donors (Lipinski definition) is 1. The molecule has 0 saturated carbocycles. The Labute approximate surface area is 147 Å². The standard InChI is InChI=1S/C18H21NO5S/c1-3-24-15-8-6-14(7-9-15)17(12-18(20)21)19-25(22,23)16-10-4-13(2)5-11-16/h4-11,17,19H,3,12H2,1-2H3,(H,20,21)/p-1/t17-/m1/s1. The van der Waals surface area contributed by atoms with Crippen LogP contribution in [0.2, 0.25) is 0 Å². The number of ether oxygens (including phenoxy) is 1. The normalized spacial score (nSPS) is 12.6. The van der Waals surface area contributed by atoms with Crippen LogP contribution >= 0.6 is 0 Å². The molecule has 0 saturated heterocycles. The Morgan fingerprint density at radius 1 is 1.12 bits per heavy atom. The molecule has 0 aliphatic rings.